The Labute approximate surface area is 185 Å². The van der Waals surface area contributed by atoms with Gasteiger partial charge in [-0.25, -0.2) is 0 Å². The summed E-state index contributed by atoms with van der Waals surface area (Å²) >= 11 is 0. The number of hydrogen-bond acceptors (Lipinski definition) is 7. The highest BCUT2D eigenvalue weighted by atomic mass is 16.6. The molecule has 5 rings (SSSR count). The molecule has 0 radical (unpaired) electrons. The number of rotatable bonds is 4. The van der Waals surface area contributed by atoms with E-state index in [1.165, 1.54) is 0 Å². The van der Waals surface area contributed by atoms with E-state index in [1.807, 2.05) is 0 Å². The molecule has 31 heavy (non-hydrogen) atoms. The molecule has 172 valence electrons. The number of Topliss-reactive ketones (excluding diaryl/α,β-unsaturated/α-hetero) is 1. The number of aliphatic hydroxyl groups excluding tert-OH is 1. The van der Waals surface area contributed by atoms with Crippen LogP contribution in [0.3, 0.4) is 0 Å². The van der Waals surface area contributed by atoms with Crippen molar-refractivity contribution in [1.29, 1.82) is 0 Å². The van der Waals surface area contributed by atoms with Gasteiger partial charge >= 0.3 is 0 Å². The number of carbonyl (C=O) groups excluding carboxylic acids is 1. The summed E-state index contributed by atoms with van der Waals surface area (Å²) in [6.45, 7) is 4.20. The molecule has 1 heterocycles. The first-order valence-corrected chi connectivity index (χ1v) is 12.2. The molecule has 4 aliphatic carbocycles. The van der Waals surface area contributed by atoms with E-state index >= 15 is 0 Å². The van der Waals surface area contributed by atoms with Crippen LogP contribution in [-0.2, 0) is 14.5 Å². The number of nitrogens with one attached hydrogen (secondary N) is 1. The fraction of sp³-hybridized carbons (Fsp3) is 0.875. The van der Waals surface area contributed by atoms with Gasteiger partial charge in [-0.15, -0.1) is 0 Å². The van der Waals surface area contributed by atoms with Crippen LogP contribution in [0, 0.1) is 34.5 Å². The van der Waals surface area contributed by atoms with E-state index in [2.05, 4.69) is 22.6 Å². The third-order valence-electron chi connectivity index (χ3n) is 9.59. The second kappa shape index (κ2) is 8.14. The summed E-state index contributed by atoms with van der Waals surface area (Å²) in [5.74, 6) is 1.82. The molecule has 5 fully saturated rings. The quantitative estimate of drug-likeness (QED) is 0.668. The Balaban J connectivity index is 1.43. The summed E-state index contributed by atoms with van der Waals surface area (Å²) in [5, 5.41) is 23.2. The molecule has 3 unspecified atom stereocenters. The van der Waals surface area contributed by atoms with Gasteiger partial charge in [0, 0.05) is 42.7 Å². The van der Waals surface area contributed by atoms with Gasteiger partial charge in [0.15, 0.2) is 0 Å². The van der Waals surface area contributed by atoms with Crippen LogP contribution in [0.4, 0.5) is 0 Å². The summed E-state index contributed by atoms with van der Waals surface area (Å²) in [6, 6.07) is 0. The Morgan fingerprint density at radius 2 is 2.00 bits per heavy atom. The lowest BCUT2D eigenvalue weighted by atomic mass is 9.44. The van der Waals surface area contributed by atoms with E-state index < -0.39 is 0 Å². The van der Waals surface area contributed by atoms with Crippen molar-refractivity contribution in [2.45, 2.75) is 70.8 Å². The Morgan fingerprint density at radius 3 is 2.74 bits per heavy atom. The smallest absolute Gasteiger partial charge is 0.141 e. The maximum atomic E-state index is 12.7. The van der Waals surface area contributed by atoms with Gasteiger partial charge in [-0.2, -0.15) is 0 Å². The van der Waals surface area contributed by atoms with E-state index in [0.29, 0.717) is 30.0 Å². The molecular formula is C24H37N3O4. The maximum Gasteiger partial charge on any atom is 0.141 e. The van der Waals surface area contributed by atoms with E-state index in [1.54, 1.807) is 7.11 Å². The molecule has 0 aromatic carbocycles. The topological polar surface area (TPSA) is 92.5 Å². The van der Waals surface area contributed by atoms with Crippen molar-refractivity contribution in [2.24, 2.45) is 44.8 Å². The fourth-order valence-electron chi connectivity index (χ4n) is 7.90. The van der Waals surface area contributed by atoms with Gasteiger partial charge in [-0.05, 0) is 69.2 Å². The van der Waals surface area contributed by atoms with Crippen molar-refractivity contribution < 1.29 is 19.6 Å². The molecule has 7 nitrogen and oxygen atoms in total. The zero-order valence-electron chi connectivity index (χ0n) is 18.9. The lowest BCUT2D eigenvalue weighted by molar-refractivity contribution is -0.135. The minimum absolute atomic E-state index is 0.137. The SMILES string of the molecule is CO/N=C1\CC2C(CC[C@]3(C)C(=O)CCC23)[C@@]2(CO)CC/C(=N/O[C@H]3CCNC3)C[C@H]12. The standard InChI is InChI=1S/C24H37N3O4/c1-23-8-6-19-17(18(23)3-4-22(23)29)12-21(27-30-2)20-11-15(5-9-24(19,20)14-28)26-31-16-7-10-25-13-16/h16-20,25,28H,3-14H2,1-2H3/b26-15-,27-21+/t16-,17?,18?,19?,20+,23-,24-/m0/s1. The summed E-state index contributed by atoms with van der Waals surface area (Å²) in [6.07, 6.45) is 8.27. The number of fused-ring (bicyclic) bond motifs is 5. The van der Waals surface area contributed by atoms with Crippen LogP contribution in [0.2, 0.25) is 0 Å². The number of aliphatic hydroxyl groups is 1. The van der Waals surface area contributed by atoms with E-state index in [9.17, 15) is 9.90 Å². The molecule has 5 aliphatic rings. The minimum Gasteiger partial charge on any atom is -0.399 e. The highest BCUT2D eigenvalue weighted by molar-refractivity contribution is 5.96. The molecule has 1 saturated heterocycles. The van der Waals surface area contributed by atoms with Crippen LogP contribution in [0.5, 0.6) is 0 Å². The van der Waals surface area contributed by atoms with Crippen LogP contribution in [-0.4, -0.2) is 55.2 Å². The Kier molecular flexibility index (Phi) is 5.62. The van der Waals surface area contributed by atoms with Gasteiger partial charge in [0.25, 0.3) is 0 Å². The molecule has 4 saturated carbocycles. The van der Waals surface area contributed by atoms with Gasteiger partial charge in [-0.3, -0.25) is 4.79 Å². The van der Waals surface area contributed by atoms with Crippen LogP contribution in [0.25, 0.3) is 0 Å². The summed E-state index contributed by atoms with van der Waals surface area (Å²) in [7, 11) is 1.61. The Hall–Kier alpha value is -1.47. The second-order valence-electron chi connectivity index (χ2n) is 10.8. The van der Waals surface area contributed by atoms with Crippen molar-refractivity contribution in [3.8, 4) is 0 Å². The highest BCUT2D eigenvalue weighted by Gasteiger charge is 2.63. The predicted molar refractivity (Wildman–Crippen MR) is 118 cm³/mol. The largest absolute Gasteiger partial charge is 0.399 e. The Bertz CT molecular complexity index is 777. The van der Waals surface area contributed by atoms with Gasteiger partial charge in [-0.1, -0.05) is 17.2 Å². The van der Waals surface area contributed by atoms with Crippen LogP contribution >= 0.6 is 0 Å². The third-order valence-corrected chi connectivity index (χ3v) is 9.59. The van der Waals surface area contributed by atoms with E-state index in [-0.39, 0.29) is 29.5 Å². The monoisotopic (exact) mass is 431 g/mol. The molecule has 0 amide bonds. The third kappa shape index (κ3) is 3.34. The number of nitrogens with zero attached hydrogens (tertiary/aromatic N) is 2. The maximum absolute atomic E-state index is 12.7. The second-order valence-corrected chi connectivity index (χ2v) is 10.8. The molecule has 0 spiro atoms. The summed E-state index contributed by atoms with van der Waals surface area (Å²) in [4.78, 5) is 23.9. The van der Waals surface area contributed by atoms with Gasteiger partial charge in [0.2, 0.25) is 0 Å². The van der Waals surface area contributed by atoms with Crippen LogP contribution in [0.1, 0.15) is 64.7 Å². The van der Waals surface area contributed by atoms with Crippen molar-refractivity contribution in [3.05, 3.63) is 0 Å². The van der Waals surface area contributed by atoms with Crippen LogP contribution < -0.4 is 5.32 Å². The Morgan fingerprint density at radius 1 is 1.13 bits per heavy atom. The molecule has 7 heteroatoms. The molecule has 1 aliphatic heterocycles. The van der Waals surface area contributed by atoms with Crippen LogP contribution in [0.15, 0.2) is 10.3 Å². The number of carbonyl (C=O) groups is 1. The summed E-state index contributed by atoms with van der Waals surface area (Å²) in [5.41, 5.74) is 1.75. The molecule has 0 bridgehead atoms. The summed E-state index contributed by atoms with van der Waals surface area (Å²) < 4.78 is 0. The first kappa shape index (κ1) is 21.4. The van der Waals surface area contributed by atoms with Gasteiger partial charge < -0.3 is 20.1 Å². The first-order chi connectivity index (χ1) is 15.0. The zero-order valence-corrected chi connectivity index (χ0v) is 18.9. The van der Waals surface area contributed by atoms with E-state index in [0.717, 1.165) is 75.9 Å². The van der Waals surface area contributed by atoms with E-state index in [4.69, 9.17) is 9.68 Å². The normalized spacial score (nSPS) is 47.2. The number of ketones is 1. The average Bonchev–Trinajstić information content (AvgIpc) is 3.40. The molecule has 2 N–H and O–H groups in total. The molecule has 7 atom stereocenters. The fourth-order valence-corrected chi connectivity index (χ4v) is 7.90. The van der Waals surface area contributed by atoms with Crippen molar-refractivity contribution in [1.82, 2.24) is 5.32 Å². The van der Waals surface area contributed by atoms with Gasteiger partial charge in [0.05, 0.1) is 11.4 Å². The minimum atomic E-state index is -0.193. The van der Waals surface area contributed by atoms with Crippen molar-refractivity contribution in [3.63, 3.8) is 0 Å². The molecule has 0 aromatic heterocycles. The lowest BCUT2D eigenvalue weighted by Gasteiger charge is -2.60. The van der Waals surface area contributed by atoms with Gasteiger partial charge in [0.1, 0.15) is 19.0 Å². The predicted octanol–water partition coefficient (Wildman–Crippen LogP) is 2.92. The number of oxime groups is 2. The average molecular weight is 432 g/mol. The van der Waals surface area contributed by atoms with Crippen molar-refractivity contribution in [2.75, 3.05) is 26.8 Å². The zero-order chi connectivity index (χ0) is 21.6. The lowest BCUT2D eigenvalue weighted by Crippen LogP contribution is -2.59. The van der Waals surface area contributed by atoms with Crippen molar-refractivity contribution >= 4 is 17.2 Å². The highest BCUT2D eigenvalue weighted by Crippen LogP contribution is 2.64. The molecular weight excluding hydrogens is 394 g/mol. The first-order valence-electron chi connectivity index (χ1n) is 12.2. The number of hydrogen-bond donors (Lipinski definition) is 2. The molecule has 0 aromatic rings.